The van der Waals surface area contributed by atoms with Crippen LogP contribution in [0.25, 0.3) is 0 Å². The topological polar surface area (TPSA) is 12.9 Å². The van der Waals surface area contributed by atoms with Crippen LogP contribution in [0.3, 0.4) is 0 Å². The first kappa shape index (κ1) is 10.6. The molecule has 0 aromatic carbocycles. The normalized spacial score (nSPS) is 10.9. The zero-order chi connectivity index (χ0) is 10.0. The van der Waals surface area contributed by atoms with Crippen molar-refractivity contribution >= 4 is 23.2 Å². The van der Waals surface area contributed by atoms with E-state index in [1.165, 1.54) is 0 Å². The lowest BCUT2D eigenvalue weighted by Crippen LogP contribution is -1.97. The molecule has 0 aliphatic carbocycles. The van der Waals surface area contributed by atoms with Gasteiger partial charge in [-0.25, -0.2) is 18.2 Å². The van der Waals surface area contributed by atoms with E-state index in [9.17, 15) is 13.2 Å². The van der Waals surface area contributed by atoms with E-state index in [1.54, 1.807) is 0 Å². The van der Waals surface area contributed by atoms with Gasteiger partial charge in [-0.2, -0.15) is 0 Å². The van der Waals surface area contributed by atoms with Gasteiger partial charge in [0, 0.05) is 0 Å². The molecule has 1 aromatic rings. The Morgan fingerprint density at radius 1 is 1.46 bits per heavy atom. The van der Waals surface area contributed by atoms with Crippen molar-refractivity contribution in [3.63, 3.8) is 0 Å². The van der Waals surface area contributed by atoms with E-state index >= 15 is 0 Å². The molecule has 1 aromatic heterocycles. The number of nitrogens with zero attached hydrogens (tertiary/aromatic N) is 1. The second-order valence-electron chi connectivity index (χ2n) is 2.24. The maximum absolute atomic E-state index is 12.9. The molecule has 0 unspecified atom stereocenters. The Kier molecular flexibility index (Phi) is 3.39. The van der Waals surface area contributed by atoms with Crippen LogP contribution < -0.4 is 0 Å². The van der Waals surface area contributed by atoms with Crippen LogP contribution in [-0.2, 0) is 5.88 Å². The van der Waals surface area contributed by atoms with Gasteiger partial charge in [-0.3, -0.25) is 0 Å². The molecule has 0 radical (unpaired) electrons. The highest BCUT2D eigenvalue weighted by atomic mass is 35.5. The Balaban J connectivity index is 3.25. The summed E-state index contributed by atoms with van der Waals surface area (Å²) in [6.07, 6.45) is -2.91. The average Bonchev–Trinajstić information content (AvgIpc) is 2.09. The van der Waals surface area contributed by atoms with E-state index in [-0.39, 0.29) is 11.6 Å². The molecule has 0 fully saturated rings. The molecule has 0 saturated carbocycles. The van der Waals surface area contributed by atoms with E-state index in [1.807, 2.05) is 0 Å². The fraction of sp³-hybridized carbons (Fsp3) is 0.286. The average molecular weight is 230 g/mol. The van der Waals surface area contributed by atoms with E-state index in [2.05, 4.69) is 4.98 Å². The SMILES string of the molecule is Fc1c(C(F)F)cc(CCl)nc1Cl. The van der Waals surface area contributed by atoms with Crippen LogP contribution in [0, 0.1) is 5.82 Å². The van der Waals surface area contributed by atoms with E-state index in [4.69, 9.17) is 23.2 Å². The molecule has 1 heterocycles. The minimum atomic E-state index is -2.91. The second-order valence-corrected chi connectivity index (χ2v) is 2.87. The van der Waals surface area contributed by atoms with Crippen molar-refractivity contribution in [1.29, 1.82) is 0 Å². The third kappa shape index (κ3) is 2.25. The number of pyridine rings is 1. The van der Waals surface area contributed by atoms with Gasteiger partial charge in [0.25, 0.3) is 6.43 Å². The lowest BCUT2D eigenvalue weighted by molar-refractivity contribution is 0.146. The smallest absolute Gasteiger partial charge is 0.237 e. The Labute approximate surface area is 82.5 Å². The predicted molar refractivity (Wildman–Crippen MR) is 43.7 cm³/mol. The van der Waals surface area contributed by atoms with Crippen LogP contribution in [0.2, 0.25) is 5.15 Å². The van der Waals surface area contributed by atoms with Gasteiger partial charge in [0.05, 0.1) is 17.1 Å². The van der Waals surface area contributed by atoms with Crippen molar-refractivity contribution < 1.29 is 13.2 Å². The van der Waals surface area contributed by atoms with Crippen LogP contribution in [-0.4, -0.2) is 4.98 Å². The van der Waals surface area contributed by atoms with Gasteiger partial charge in [-0.1, -0.05) is 11.6 Å². The van der Waals surface area contributed by atoms with Gasteiger partial charge in [-0.15, -0.1) is 11.6 Å². The summed E-state index contributed by atoms with van der Waals surface area (Å²) in [5, 5.41) is -0.576. The molecule has 1 nitrogen and oxygen atoms in total. The fourth-order valence-electron chi connectivity index (χ4n) is 0.797. The zero-order valence-corrected chi connectivity index (χ0v) is 7.71. The summed E-state index contributed by atoms with van der Waals surface area (Å²) in [7, 11) is 0. The maximum Gasteiger partial charge on any atom is 0.266 e. The summed E-state index contributed by atoms with van der Waals surface area (Å²) in [4.78, 5) is 3.46. The quantitative estimate of drug-likeness (QED) is 0.559. The number of rotatable bonds is 2. The van der Waals surface area contributed by atoms with Crippen LogP contribution in [0.1, 0.15) is 17.7 Å². The second kappa shape index (κ2) is 4.15. The molecule has 0 amide bonds. The van der Waals surface area contributed by atoms with Gasteiger partial charge in [-0.05, 0) is 6.07 Å². The first-order valence-electron chi connectivity index (χ1n) is 3.25. The molecular formula is C7H4Cl2F3N. The number of hydrogen-bond donors (Lipinski definition) is 0. The summed E-state index contributed by atoms with van der Waals surface area (Å²) < 4.78 is 37.2. The highest BCUT2D eigenvalue weighted by molar-refractivity contribution is 6.29. The van der Waals surface area contributed by atoms with Gasteiger partial charge in [0.2, 0.25) is 0 Å². The Morgan fingerprint density at radius 2 is 2.08 bits per heavy atom. The number of alkyl halides is 3. The van der Waals surface area contributed by atoms with Crippen molar-refractivity contribution in [2.75, 3.05) is 0 Å². The molecule has 6 heteroatoms. The number of hydrogen-bond acceptors (Lipinski definition) is 1. The Hall–Kier alpha value is -0.480. The van der Waals surface area contributed by atoms with Crippen LogP contribution >= 0.6 is 23.2 Å². The van der Waals surface area contributed by atoms with Gasteiger partial charge in [0.1, 0.15) is 0 Å². The summed E-state index contributed by atoms with van der Waals surface area (Å²) in [5.41, 5.74) is -0.640. The molecule has 0 aliphatic rings. The highest BCUT2D eigenvalue weighted by Crippen LogP contribution is 2.26. The van der Waals surface area contributed by atoms with Crippen LogP contribution in [0.4, 0.5) is 13.2 Å². The minimum absolute atomic E-state index is 0.0836. The first-order valence-corrected chi connectivity index (χ1v) is 4.16. The summed E-state index contributed by atoms with van der Waals surface area (Å²) >= 11 is 10.6. The largest absolute Gasteiger partial charge is 0.266 e. The molecule has 0 N–H and O–H groups in total. The van der Waals surface area contributed by atoms with Crippen molar-refractivity contribution in [3.05, 3.63) is 28.3 Å². The molecule has 0 bridgehead atoms. The minimum Gasteiger partial charge on any atom is -0.237 e. The maximum atomic E-state index is 12.9. The molecular weight excluding hydrogens is 226 g/mol. The van der Waals surface area contributed by atoms with E-state index in [0.29, 0.717) is 0 Å². The fourth-order valence-corrected chi connectivity index (χ4v) is 1.15. The molecule has 72 valence electrons. The van der Waals surface area contributed by atoms with Crippen LogP contribution in [0.15, 0.2) is 6.07 Å². The van der Waals surface area contributed by atoms with Crippen molar-refractivity contribution in [3.8, 4) is 0 Å². The number of aromatic nitrogens is 1. The Bertz CT molecular complexity index is 317. The lowest BCUT2D eigenvalue weighted by Gasteiger charge is -2.04. The third-order valence-electron chi connectivity index (χ3n) is 1.37. The molecule has 1 rings (SSSR count). The standard InChI is InChI=1S/C7H4Cl2F3N/c8-2-3-1-4(7(11)12)5(10)6(9)13-3/h1,7H,2H2. The monoisotopic (exact) mass is 229 g/mol. The van der Waals surface area contributed by atoms with Crippen molar-refractivity contribution in [1.82, 2.24) is 4.98 Å². The molecule has 0 aliphatic heterocycles. The van der Waals surface area contributed by atoms with Crippen molar-refractivity contribution in [2.24, 2.45) is 0 Å². The van der Waals surface area contributed by atoms with Gasteiger partial charge in [0.15, 0.2) is 11.0 Å². The molecule has 0 spiro atoms. The van der Waals surface area contributed by atoms with Crippen LogP contribution in [0.5, 0.6) is 0 Å². The van der Waals surface area contributed by atoms with Crippen molar-refractivity contribution in [2.45, 2.75) is 12.3 Å². The molecule has 0 saturated heterocycles. The molecule has 0 atom stereocenters. The van der Waals surface area contributed by atoms with E-state index < -0.39 is 23.0 Å². The lowest BCUT2D eigenvalue weighted by atomic mass is 10.2. The third-order valence-corrected chi connectivity index (χ3v) is 1.89. The zero-order valence-electron chi connectivity index (χ0n) is 6.20. The van der Waals surface area contributed by atoms with E-state index in [0.717, 1.165) is 6.07 Å². The summed E-state index contributed by atoms with van der Waals surface area (Å²) in [5.74, 6) is -1.27. The van der Waals surface area contributed by atoms with Gasteiger partial charge < -0.3 is 0 Å². The predicted octanol–water partition coefficient (Wildman–Crippen LogP) is 3.55. The Morgan fingerprint density at radius 3 is 2.54 bits per heavy atom. The summed E-state index contributed by atoms with van der Waals surface area (Å²) in [6.45, 7) is 0. The first-order chi connectivity index (χ1) is 6.06. The highest BCUT2D eigenvalue weighted by Gasteiger charge is 2.18. The number of halogens is 5. The molecule has 13 heavy (non-hydrogen) atoms. The van der Waals surface area contributed by atoms with Gasteiger partial charge >= 0.3 is 0 Å². The summed E-state index contributed by atoms with van der Waals surface area (Å²) in [6, 6.07) is 0.902.